The van der Waals surface area contributed by atoms with Crippen LogP contribution in [0.15, 0.2) is 24.4 Å². The Bertz CT molecular complexity index is 805. The number of methoxy groups -OCH3 is 1. The fourth-order valence-corrected chi connectivity index (χ4v) is 3.54. The molecule has 0 bridgehead atoms. The SMILES string of the molecule is CCCn1ncc(CN[C@@H]2CCC(=O)N[C@H]2c2cc(OC)ccc2F)c1C. The highest BCUT2D eigenvalue weighted by molar-refractivity contribution is 5.77. The van der Waals surface area contributed by atoms with Gasteiger partial charge in [0.05, 0.1) is 19.3 Å². The second-order valence-corrected chi connectivity index (χ2v) is 6.94. The first-order valence-corrected chi connectivity index (χ1v) is 9.41. The van der Waals surface area contributed by atoms with E-state index in [1.165, 1.54) is 6.07 Å². The van der Waals surface area contributed by atoms with Crippen molar-refractivity contribution in [2.24, 2.45) is 0 Å². The number of aromatic nitrogens is 2. The molecule has 0 unspecified atom stereocenters. The number of ether oxygens (including phenoxy) is 1. The van der Waals surface area contributed by atoms with Crippen LogP contribution in [0.25, 0.3) is 0 Å². The van der Waals surface area contributed by atoms with Crippen molar-refractivity contribution in [1.82, 2.24) is 20.4 Å². The molecule has 2 aromatic rings. The fraction of sp³-hybridized carbons (Fsp3) is 0.500. The van der Waals surface area contributed by atoms with E-state index in [0.717, 1.165) is 24.2 Å². The summed E-state index contributed by atoms with van der Waals surface area (Å²) in [6, 6.07) is 4.11. The third-order valence-corrected chi connectivity index (χ3v) is 5.13. The van der Waals surface area contributed by atoms with Crippen molar-refractivity contribution < 1.29 is 13.9 Å². The Morgan fingerprint density at radius 3 is 3.00 bits per heavy atom. The lowest BCUT2D eigenvalue weighted by Crippen LogP contribution is -2.48. The smallest absolute Gasteiger partial charge is 0.220 e. The highest BCUT2D eigenvalue weighted by atomic mass is 19.1. The molecule has 1 aliphatic heterocycles. The normalized spacial score (nSPS) is 19.8. The Balaban J connectivity index is 1.78. The van der Waals surface area contributed by atoms with Gasteiger partial charge in [0.25, 0.3) is 0 Å². The van der Waals surface area contributed by atoms with Crippen LogP contribution in [0.3, 0.4) is 0 Å². The monoisotopic (exact) mass is 374 g/mol. The standard InChI is InChI=1S/C20H27FN4O2/c1-4-9-25-13(2)14(12-23-25)11-22-18-7-8-19(26)24-20(18)16-10-15(27-3)5-6-17(16)21/h5-6,10,12,18,20,22H,4,7-9,11H2,1-3H3,(H,24,26)/t18-,20+/m1/s1. The number of amides is 1. The predicted octanol–water partition coefficient (Wildman–Crippen LogP) is 2.86. The summed E-state index contributed by atoms with van der Waals surface area (Å²) in [7, 11) is 1.54. The van der Waals surface area contributed by atoms with Crippen LogP contribution < -0.4 is 15.4 Å². The number of carbonyl (C=O) groups is 1. The van der Waals surface area contributed by atoms with E-state index in [0.29, 0.717) is 30.7 Å². The lowest BCUT2D eigenvalue weighted by atomic mass is 9.91. The second-order valence-electron chi connectivity index (χ2n) is 6.94. The van der Waals surface area contributed by atoms with Crippen molar-refractivity contribution >= 4 is 5.91 Å². The maximum Gasteiger partial charge on any atom is 0.220 e. The summed E-state index contributed by atoms with van der Waals surface area (Å²) in [5, 5.41) is 10.9. The molecular weight excluding hydrogens is 347 g/mol. The summed E-state index contributed by atoms with van der Waals surface area (Å²) in [6.45, 7) is 5.69. The quantitative estimate of drug-likeness (QED) is 0.782. The van der Waals surface area contributed by atoms with Gasteiger partial charge in [-0.15, -0.1) is 0 Å². The molecule has 0 saturated carbocycles. The number of nitrogens with zero attached hydrogens (tertiary/aromatic N) is 2. The number of piperidine rings is 1. The zero-order valence-electron chi connectivity index (χ0n) is 16.1. The number of aryl methyl sites for hydroxylation is 1. The van der Waals surface area contributed by atoms with Crippen LogP contribution in [0.5, 0.6) is 5.75 Å². The minimum atomic E-state index is -0.438. The maximum atomic E-state index is 14.5. The molecule has 1 saturated heterocycles. The van der Waals surface area contributed by atoms with Crippen molar-refractivity contribution in [2.75, 3.05) is 7.11 Å². The summed E-state index contributed by atoms with van der Waals surface area (Å²) in [5.41, 5.74) is 2.69. The zero-order chi connectivity index (χ0) is 19.4. The van der Waals surface area contributed by atoms with E-state index in [4.69, 9.17) is 4.74 Å². The van der Waals surface area contributed by atoms with Crippen LogP contribution in [0, 0.1) is 12.7 Å². The van der Waals surface area contributed by atoms with Gasteiger partial charge in [-0.25, -0.2) is 4.39 Å². The van der Waals surface area contributed by atoms with Gasteiger partial charge in [0.15, 0.2) is 0 Å². The van der Waals surface area contributed by atoms with E-state index in [9.17, 15) is 9.18 Å². The average Bonchev–Trinajstić information content (AvgIpc) is 3.01. The first-order chi connectivity index (χ1) is 13.0. The van der Waals surface area contributed by atoms with E-state index < -0.39 is 6.04 Å². The lowest BCUT2D eigenvalue weighted by Gasteiger charge is -2.33. The molecule has 6 nitrogen and oxygen atoms in total. The minimum absolute atomic E-state index is 0.0628. The van der Waals surface area contributed by atoms with E-state index in [1.54, 1.807) is 19.2 Å². The van der Waals surface area contributed by atoms with Gasteiger partial charge < -0.3 is 15.4 Å². The van der Waals surface area contributed by atoms with E-state index in [2.05, 4.69) is 29.6 Å². The molecule has 0 radical (unpaired) electrons. The van der Waals surface area contributed by atoms with Crippen LogP contribution in [-0.4, -0.2) is 28.8 Å². The Morgan fingerprint density at radius 1 is 1.44 bits per heavy atom. The van der Waals surface area contributed by atoms with E-state index >= 15 is 0 Å². The Morgan fingerprint density at radius 2 is 2.26 bits per heavy atom. The number of halogens is 1. The van der Waals surface area contributed by atoms with Gasteiger partial charge in [0.2, 0.25) is 5.91 Å². The number of rotatable bonds is 7. The molecule has 27 heavy (non-hydrogen) atoms. The number of benzene rings is 1. The van der Waals surface area contributed by atoms with Crippen LogP contribution in [0.2, 0.25) is 0 Å². The number of carbonyl (C=O) groups excluding carboxylic acids is 1. The predicted molar refractivity (Wildman–Crippen MR) is 101 cm³/mol. The first kappa shape index (κ1) is 19.4. The molecule has 1 aromatic carbocycles. The molecule has 7 heteroatoms. The van der Waals surface area contributed by atoms with Crippen LogP contribution in [0.1, 0.15) is 49.0 Å². The molecule has 1 aliphatic rings. The van der Waals surface area contributed by atoms with Crippen molar-refractivity contribution in [3.8, 4) is 5.75 Å². The summed E-state index contributed by atoms with van der Waals surface area (Å²) in [4.78, 5) is 12.0. The third-order valence-electron chi connectivity index (χ3n) is 5.13. The summed E-state index contributed by atoms with van der Waals surface area (Å²) in [6.07, 6.45) is 3.98. The Kier molecular flexibility index (Phi) is 6.11. The summed E-state index contributed by atoms with van der Waals surface area (Å²) in [5.74, 6) is 0.163. The van der Waals surface area contributed by atoms with Crippen molar-refractivity contribution in [2.45, 2.75) is 58.3 Å². The fourth-order valence-electron chi connectivity index (χ4n) is 3.54. The largest absolute Gasteiger partial charge is 0.497 e. The van der Waals surface area contributed by atoms with Gasteiger partial charge in [0.1, 0.15) is 11.6 Å². The molecule has 0 spiro atoms. The molecular formula is C20H27FN4O2. The highest BCUT2D eigenvalue weighted by Gasteiger charge is 2.31. The topological polar surface area (TPSA) is 68.2 Å². The molecule has 3 rings (SSSR count). The summed E-state index contributed by atoms with van der Waals surface area (Å²) < 4.78 is 21.7. The zero-order valence-corrected chi connectivity index (χ0v) is 16.1. The van der Waals surface area contributed by atoms with Crippen LogP contribution >= 0.6 is 0 Å². The Labute approximate surface area is 159 Å². The highest BCUT2D eigenvalue weighted by Crippen LogP contribution is 2.29. The van der Waals surface area contributed by atoms with E-state index in [-0.39, 0.29) is 17.8 Å². The van der Waals surface area contributed by atoms with Gasteiger partial charge in [-0.2, -0.15) is 5.10 Å². The van der Waals surface area contributed by atoms with Gasteiger partial charge in [-0.3, -0.25) is 9.48 Å². The summed E-state index contributed by atoms with van der Waals surface area (Å²) >= 11 is 0. The molecule has 1 amide bonds. The van der Waals surface area contributed by atoms with Crippen molar-refractivity contribution in [3.63, 3.8) is 0 Å². The van der Waals surface area contributed by atoms with E-state index in [1.807, 2.05) is 10.9 Å². The van der Waals surface area contributed by atoms with Gasteiger partial charge in [0, 0.05) is 42.4 Å². The third kappa shape index (κ3) is 4.30. The maximum absolute atomic E-state index is 14.5. The van der Waals surface area contributed by atoms with Crippen molar-refractivity contribution in [1.29, 1.82) is 0 Å². The van der Waals surface area contributed by atoms with Gasteiger partial charge >= 0.3 is 0 Å². The van der Waals surface area contributed by atoms with Crippen molar-refractivity contribution in [3.05, 3.63) is 47.0 Å². The second kappa shape index (κ2) is 8.52. The first-order valence-electron chi connectivity index (χ1n) is 9.41. The number of hydrogen-bond acceptors (Lipinski definition) is 4. The molecule has 2 heterocycles. The molecule has 2 atom stereocenters. The molecule has 1 aromatic heterocycles. The van der Waals surface area contributed by atoms with Gasteiger partial charge in [-0.1, -0.05) is 6.92 Å². The number of nitrogens with one attached hydrogen (secondary N) is 2. The molecule has 146 valence electrons. The minimum Gasteiger partial charge on any atom is -0.497 e. The molecule has 0 aliphatic carbocycles. The Hall–Kier alpha value is -2.41. The van der Waals surface area contributed by atoms with Crippen LogP contribution in [-0.2, 0) is 17.9 Å². The lowest BCUT2D eigenvalue weighted by molar-refractivity contribution is -0.123. The van der Waals surface area contributed by atoms with Crippen LogP contribution in [0.4, 0.5) is 4.39 Å². The van der Waals surface area contributed by atoms with Gasteiger partial charge in [-0.05, 0) is 38.0 Å². The molecule has 2 N–H and O–H groups in total. The average molecular weight is 374 g/mol. The number of hydrogen-bond donors (Lipinski definition) is 2. The molecule has 1 fully saturated rings.